The molecule has 0 radical (unpaired) electrons. The van der Waals surface area contributed by atoms with Crippen LogP contribution in [0.15, 0.2) is 42.5 Å². The quantitative estimate of drug-likeness (QED) is 0.726. The Morgan fingerprint density at radius 1 is 1.13 bits per heavy atom. The second kappa shape index (κ2) is 8.95. The minimum absolute atomic E-state index is 0.332. The van der Waals surface area contributed by atoms with Crippen molar-refractivity contribution in [2.75, 3.05) is 23.8 Å². The summed E-state index contributed by atoms with van der Waals surface area (Å²) in [6.45, 7) is 6.53. The molecule has 1 aliphatic rings. The van der Waals surface area contributed by atoms with E-state index in [2.05, 4.69) is 5.32 Å². The van der Waals surface area contributed by atoms with Gasteiger partial charge < -0.3 is 14.8 Å². The maximum atomic E-state index is 13.1. The second-order valence-corrected chi connectivity index (χ2v) is 9.31. The first-order valence-electron chi connectivity index (χ1n) is 9.96. The predicted molar refractivity (Wildman–Crippen MR) is 117 cm³/mol. The van der Waals surface area contributed by atoms with Gasteiger partial charge in [-0.25, -0.2) is 8.42 Å². The van der Waals surface area contributed by atoms with Gasteiger partial charge in [-0.15, -0.1) is 0 Å². The lowest BCUT2D eigenvalue weighted by Gasteiger charge is -2.31. The molecule has 2 atom stereocenters. The van der Waals surface area contributed by atoms with E-state index in [0.29, 0.717) is 36.8 Å². The summed E-state index contributed by atoms with van der Waals surface area (Å²) >= 11 is 0. The molecule has 162 valence electrons. The van der Waals surface area contributed by atoms with Gasteiger partial charge in [0, 0.05) is 0 Å². The molecule has 0 fully saturated rings. The number of nitrogens with one attached hydrogen (secondary N) is 1. The van der Waals surface area contributed by atoms with Crippen LogP contribution in [0.1, 0.15) is 37.4 Å². The third-order valence-electron chi connectivity index (χ3n) is 5.01. The van der Waals surface area contributed by atoms with Gasteiger partial charge in [-0.05, 0) is 55.7 Å². The summed E-state index contributed by atoms with van der Waals surface area (Å²) in [4.78, 5) is 13.1. The highest BCUT2D eigenvalue weighted by Gasteiger charge is 2.32. The van der Waals surface area contributed by atoms with Crippen LogP contribution in [0.5, 0.6) is 11.5 Å². The van der Waals surface area contributed by atoms with Gasteiger partial charge in [-0.3, -0.25) is 9.10 Å². The van der Waals surface area contributed by atoms with Crippen molar-refractivity contribution >= 4 is 21.6 Å². The molecule has 2 aromatic rings. The number of nitrogens with zero attached hydrogens (tertiary/aromatic N) is 1. The summed E-state index contributed by atoms with van der Waals surface area (Å²) in [6.07, 6.45) is 1.45. The van der Waals surface area contributed by atoms with Crippen molar-refractivity contribution in [1.29, 1.82) is 0 Å². The van der Waals surface area contributed by atoms with Gasteiger partial charge in [0.2, 0.25) is 15.9 Å². The Morgan fingerprint density at radius 2 is 1.83 bits per heavy atom. The standard InChI is InChI=1S/C22H28N2O5S/c1-5-19(24(30(4,26)27)18-8-6-7-15(2)13-18)22(25)23-16(3)17-9-10-20-21(14-17)29-12-11-28-20/h6-10,13-14,16,19H,5,11-12H2,1-4H3,(H,23,25). The summed E-state index contributed by atoms with van der Waals surface area (Å²) < 4.78 is 37.5. The van der Waals surface area contributed by atoms with Crippen molar-refractivity contribution in [3.8, 4) is 11.5 Å². The summed E-state index contributed by atoms with van der Waals surface area (Å²) in [6, 6.07) is 11.5. The zero-order valence-electron chi connectivity index (χ0n) is 17.7. The molecule has 7 nitrogen and oxygen atoms in total. The molecule has 0 saturated heterocycles. The molecule has 2 unspecified atom stereocenters. The van der Waals surface area contributed by atoms with E-state index in [1.165, 1.54) is 4.31 Å². The summed E-state index contributed by atoms with van der Waals surface area (Å²) in [5, 5.41) is 2.95. The summed E-state index contributed by atoms with van der Waals surface area (Å²) in [7, 11) is -3.67. The number of rotatable bonds is 7. The molecule has 0 aliphatic carbocycles. The first kappa shape index (κ1) is 22.0. The number of benzene rings is 2. The Kier molecular flexibility index (Phi) is 6.55. The molecule has 0 aromatic heterocycles. The number of ether oxygens (including phenoxy) is 2. The lowest BCUT2D eigenvalue weighted by molar-refractivity contribution is -0.122. The van der Waals surface area contributed by atoms with Crippen LogP contribution in [0.4, 0.5) is 5.69 Å². The smallest absolute Gasteiger partial charge is 0.244 e. The van der Waals surface area contributed by atoms with Crippen LogP contribution in [0, 0.1) is 6.92 Å². The van der Waals surface area contributed by atoms with Crippen molar-refractivity contribution < 1.29 is 22.7 Å². The Bertz CT molecular complexity index is 1020. The Balaban J connectivity index is 1.83. The molecule has 1 amide bonds. The molecule has 0 saturated carbocycles. The van der Waals surface area contributed by atoms with E-state index < -0.39 is 16.1 Å². The fraction of sp³-hybridized carbons (Fsp3) is 0.409. The van der Waals surface area contributed by atoms with Crippen LogP contribution >= 0.6 is 0 Å². The first-order valence-corrected chi connectivity index (χ1v) is 11.8. The van der Waals surface area contributed by atoms with Gasteiger partial charge in [0.1, 0.15) is 19.3 Å². The molecule has 3 rings (SSSR count). The van der Waals surface area contributed by atoms with Gasteiger partial charge in [0.05, 0.1) is 18.0 Å². The average molecular weight is 433 g/mol. The molecule has 0 bridgehead atoms. The van der Waals surface area contributed by atoms with Crippen LogP contribution < -0.4 is 19.1 Å². The number of hydrogen-bond donors (Lipinski definition) is 1. The maximum Gasteiger partial charge on any atom is 0.244 e. The second-order valence-electron chi connectivity index (χ2n) is 7.46. The largest absolute Gasteiger partial charge is 0.486 e. The number of aryl methyl sites for hydroxylation is 1. The third kappa shape index (κ3) is 4.87. The molecule has 8 heteroatoms. The number of sulfonamides is 1. The number of carbonyl (C=O) groups excluding carboxylic acids is 1. The van der Waals surface area contributed by atoms with Gasteiger partial charge in [-0.1, -0.05) is 25.1 Å². The predicted octanol–water partition coefficient (Wildman–Crippen LogP) is 3.19. The number of hydrogen-bond acceptors (Lipinski definition) is 5. The summed E-state index contributed by atoms with van der Waals surface area (Å²) in [5.41, 5.74) is 2.25. The number of fused-ring (bicyclic) bond motifs is 1. The van der Waals surface area contributed by atoms with Crippen molar-refractivity contribution in [1.82, 2.24) is 5.32 Å². The molecular formula is C22H28N2O5S. The van der Waals surface area contributed by atoms with Gasteiger partial charge in [0.25, 0.3) is 0 Å². The number of carbonyl (C=O) groups is 1. The van der Waals surface area contributed by atoms with Crippen LogP contribution in [-0.2, 0) is 14.8 Å². The molecule has 2 aromatic carbocycles. The van der Waals surface area contributed by atoms with Crippen LogP contribution in [0.25, 0.3) is 0 Å². The Hall–Kier alpha value is -2.74. The molecule has 30 heavy (non-hydrogen) atoms. The highest BCUT2D eigenvalue weighted by molar-refractivity contribution is 7.92. The molecule has 1 heterocycles. The topological polar surface area (TPSA) is 84.9 Å². The van der Waals surface area contributed by atoms with E-state index in [1.807, 2.05) is 38.1 Å². The lowest BCUT2D eigenvalue weighted by atomic mass is 10.1. The molecule has 0 spiro atoms. The zero-order valence-corrected chi connectivity index (χ0v) is 18.5. The molecule has 1 aliphatic heterocycles. The molecular weight excluding hydrogens is 404 g/mol. The monoisotopic (exact) mass is 432 g/mol. The number of amides is 1. The summed E-state index contributed by atoms with van der Waals surface area (Å²) in [5.74, 6) is 0.967. The van der Waals surface area contributed by atoms with Gasteiger partial charge >= 0.3 is 0 Å². The average Bonchev–Trinajstić information content (AvgIpc) is 2.70. The lowest BCUT2D eigenvalue weighted by Crippen LogP contribution is -2.49. The van der Waals surface area contributed by atoms with Crippen molar-refractivity contribution in [3.63, 3.8) is 0 Å². The highest BCUT2D eigenvalue weighted by Crippen LogP contribution is 2.32. The Morgan fingerprint density at radius 3 is 2.47 bits per heavy atom. The minimum Gasteiger partial charge on any atom is -0.486 e. The van der Waals surface area contributed by atoms with Crippen molar-refractivity contribution in [2.24, 2.45) is 0 Å². The normalized spacial score (nSPS) is 15.2. The SMILES string of the molecule is CCC(C(=O)NC(C)c1ccc2c(c1)OCCO2)N(c1cccc(C)c1)S(C)(=O)=O. The van der Waals surface area contributed by atoms with Crippen molar-refractivity contribution in [3.05, 3.63) is 53.6 Å². The fourth-order valence-electron chi connectivity index (χ4n) is 3.55. The third-order valence-corrected chi connectivity index (χ3v) is 6.19. The Labute approximate surface area is 178 Å². The van der Waals surface area contributed by atoms with Crippen LogP contribution in [0.2, 0.25) is 0 Å². The van der Waals surface area contributed by atoms with Gasteiger partial charge in [-0.2, -0.15) is 0 Å². The van der Waals surface area contributed by atoms with Gasteiger partial charge in [0.15, 0.2) is 11.5 Å². The van der Waals surface area contributed by atoms with E-state index >= 15 is 0 Å². The highest BCUT2D eigenvalue weighted by atomic mass is 32.2. The first-order chi connectivity index (χ1) is 14.2. The van der Waals surface area contributed by atoms with E-state index in [1.54, 1.807) is 25.1 Å². The van der Waals surface area contributed by atoms with E-state index in [4.69, 9.17) is 9.47 Å². The van der Waals surface area contributed by atoms with E-state index in [0.717, 1.165) is 17.4 Å². The fourth-order valence-corrected chi connectivity index (χ4v) is 4.75. The van der Waals surface area contributed by atoms with Crippen LogP contribution in [0.3, 0.4) is 0 Å². The van der Waals surface area contributed by atoms with Crippen molar-refractivity contribution in [2.45, 2.75) is 39.3 Å². The minimum atomic E-state index is -3.67. The van der Waals surface area contributed by atoms with E-state index in [-0.39, 0.29) is 11.9 Å². The maximum absolute atomic E-state index is 13.1. The molecule has 1 N–H and O–H groups in total. The zero-order chi connectivity index (χ0) is 21.9. The number of anilines is 1. The van der Waals surface area contributed by atoms with Crippen LogP contribution in [-0.4, -0.2) is 39.8 Å². The van der Waals surface area contributed by atoms with E-state index in [9.17, 15) is 13.2 Å².